The van der Waals surface area contributed by atoms with Crippen LogP contribution in [0.2, 0.25) is 5.22 Å². The maximum Gasteiger partial charge on any atom is 0.252 e. The minimum atomic E-state index is -0.318. The van der Waals surface area contributed by atoms with E-state index in [2.05, 4.69) is 10.2 Å². The number of halogens is 2. The second kappa shape index (κ2) is 3.63. The van der Waals surface area contributed by atoms with Crippen molar-refractivity contribution in [1.29, 1.82) is 0 Å². The lowest BCUT2D eigenvalue weighted by Gasteiger charge is -1.91. The highest BCUT2D eigenvalue weighted by atomic mass is 35.5. The van der Waals surface area contributed by atoms with Crippen LogP contribution in [0.4, 0.5) is 0 Å². The molecule has 0 saturated heterocycles. The Labute approximate surface area is 89.8 Å². The third-order valence-electron chi connectivity index (χ3n) is 1.63. The van der Waals surface area contributed by atoms with Gasteiger partial charge < -0.3 is 8.83 Å². The molecular weight excluding hydrogens is 227 g/mol. The van der Waals surface area contributed by atoms with E-state index in [-0.39, 0.29) is 10.6 Å². The van der Waals surface area contributed by atoms with Gasteiger partial charge in [-0.15, -0.1) is 21.8 Å². The smallest absolute Gasteiger partial charge is 0.252 e. The maximum atomic E-state index is 5.76. The van der Waals surface area contributed by atoms with Gasteiger partial charge in [-0.1, -0.05) is 0 Å². The highest BCUT2D eigenvalue weighted by Crippen LogP contribution is 2.29. The zero-order valence-corrected chi connectivity index (χ0v) is 8.71. The van der Waals surface area contributed by atoms with Gasteiger partial charge in [0.15, 0.2) is 0 Å². The third kappa shape index (κ3) is 1.63. The summed E-state index contributed by atoms with van der Waals surface area (Å²) in [5, 5.41) is 7.47. The Morgan fingerprint density at radius 1 is 1.43 bits per heavy atom. The molecule has 0 aliphatic carbocycles. The molecule has 2 rings (SSSR count). The van der Waals surface area contributed by atoms with Gasteiger partial charge in [0.25, 0.3) is 5.89 Å². The lowest BCUT2D eigenvalue weighted by molar-refractivity contribution is 0.505. The van der Waals surface area contributed by atoms with Gasteiger partial charge in [-0.2, -0.15) is 0 Å². The minimum Gasteiger partial charge on any atom is -0.452 e. The average Bonchev–Trinajstić information content (AvgIpc) is 2.71. The van der Waals surface area contributed by atoms with E-state index >= 15 is 0 Å². The topological polar surface area (TPSA) is 52.1 Å². The molecule has 4 nitrogen and oxygen atoms in total. The van der Waals surface area contributed by atoms with Crippen LogP contribution in [0.15, 0.2) is 21.2 Å². The van der Waals surface area contributed by atoms with E-state index in [0.717, 1.165) is 0 Å². The van der Waals surface area contributed by atoms with Crippen LogP contribution in [-0.4, -0.2) is 10.2 Å². The van der Waals surface area contributed by atoms with Crippen LogP contribution in [0.5, 0.6) is 0 Å². The van der Waals surface area contributed by atoms with Crippen molar-refractivity contribution < 1.29 is 8.83 Å². The number of aromatic nitrogens is 2. The summed E-state index contributed by atoms with van der Waals surface area (Å²) in [5.41, 5.74) is 0.572. The number of hydrogen-bond donors (Lipinski definition) is 0. The Morgan fingerprint density at radius 3 is 2.71 bits per heavy atom. The lowest BCUT2D eigenvalue weighted by atomic mass is 10.3. The number of furan rings is 1. The molecule has 0 N–H and O–H groups in total. The summed E-state index contributed by atoms with van der Waals surface area (Å²) in [5.74, 6) is 0.671. The van der Waals surface area contributed by atoms with Gasteiger partial charge in [-0.25, -0.2) is 0 Å². The Morgan fingerprint density at radius 2 is 2.21 bits per heavy atom. The quantitative estimate of drug-likeness (QED) is 0.746. The van der Waals surface area contributed by atoms with Crippen molar-refractivity contribution in [1.82, 2.24) is 10.2 Å². The van der Waals surface area contributed by atoms with Crippen molar-refractivity contribution in [3.63, 3.8) is 0 Å². The number of hydrogen-bond acceptors (Lipinski definition) is 4. The molecule has 1 unspecified atom stereocenters. The van der Waals surface area contributed by atoms with E-state index in [9.17, 15) is 0 Å². The van der Waals surface area contributed by atoms with E-state index < -0.39 is 0 Å². The second-order valence-electron chi connectivity index (χ2n) is 2.67. The van der Waals surface area contributed by atoms with Crippen molar-refractivity contribution in [2.24, 2.45) is 0 Å². The first-order valence-electron chi connectivity index (χ1n) is 3.89. The Kier molecular flexibility index (Phi) is 2.48. The van der Waals surface area contributed by atoms with Crippen LogP contribution in [0.25, 0.3) is 11.5 Å². The first-order valence-corrected chi connectivity index (χ1v) is 4.70. The standard InChI is InChI=1S/C8H6Cl2N2O2/c1-4(9)7-11-12-8(14-7)5-2-3-13-6(5)10/h2-4H,1H3. The van der Waals surface area contributed by atoms with Crippen molar-refractivity contribution in [3.05, 3.63) is 23.4 Å². The summed E-state index contributed by atoms with van der Waals surface area (Å²) in [6.45, 7) is 1.75. The van der Waals surface area contributed by atoms with Gasteiger partial charge in [-0.3, -0.25) is 0 Å². The molecule has 0 aliphatic heterocycles. The molecule has 6 heteroatoms. The summed E-state index contributed by atoms with van der Waals surface area (Å²) in [4.78, 5) is 0. The van der Waals surface area contributed by atoms with Gasteiger partial charge in [0, 0.05) is 0 Å². The summed E-state index contributed by atoms with van der Waals surface area (Å²) >= 11 is 11.5. The fraction of sp³-hybridized carbons (Fsp3) is 0.250. The van der Waals surface area contributed by atoms with Crippen molar-refractivity contribution in [3.8, 4) is 11.5 Å². The first-order chi connectivity index (χ1) is 6.68. The van der Waals surface area contributed by atoms with Crippen LogP contribution in [0.3, 0.4) is 0 Å². The molecule has 0 bridgehead atoms. The molecule has 0 amide bonds. The molecule has 2 heterocycles. The Bertz CT molecular complexity index is 436. The van der Waals surface area contributed by atoms with Crippen LogP contribution < -0.4 is 0 Å². The van der Waals surface area contributed by atoms with Crippen molar-refractivity contribution >= 4 is 23.2 Å². The molecule has 0 aliphatic rings. The van der Waals surface area contributed by atoms with Gasteiger partial charge in [0.05, 0.1) is 11.8 Å². The number of alkyl halides is 1. The summed E-state index contributed by atoms with van der Waals surface area (Å²) in [6.07, 6.45) is 1.45. The lowest BCUT2D eigenvalue weighted by Crippen LogP contribution is -1.81. The number of rotatable bonds is 2. The van der Waals surface area contributed by atoms with Crippen LogP contribution in [-0.2, 0) is 0 Å². The summed E-state index contributed by atoms with van der Waals surface area (Å²) in [6, 6.07) is 1.65. The Hall–Kier alpha value is -1.000. The van der Waals surface area contributed by atoms with E-state index in [1.165, 1.54) is 6.26 Å². The molecule has 2 aromatic heterocycles. The van der Waals surface area contributed by atoms with E-state index in [1.54, 1.807) is 13.0 Å². The molecule has 74 valence electrons. The van der Waals surface area contributed by atoms with Gasteiger partial charge >= 0.3 is 0 Å². The fourth-order valence-corrected chi connectivity index (χ4v) is 1.23. The normalized spacial score (nSPS) is 13.1. The second-order valence-corrected chi connectivity index (χ2v) is 3.67. The van der Waals surface area contributed by atoms with Gasteiger partial charge in [0.1, 0.15) is 5.38 Å². The molecule has 0 radical (unpaired) electrons. The highest BCUT2D eigenvalue weighted by molar-refractivity contribution is 6.31. The molecular formula is C8H6Cl2N2O2. The van der Waals surface area contributed by atoms with Crippen LogP contribution >= 0.6 is 23.2 Å². The van der Waals surface area contributed by atoms with E-state index in [4.69, 9.17) is 32.0 Å². The molecule has 0 aromatic carbocycles. The fourth-order valence-electron chi connectivity index (χ4n) is 0.950. The highest BCUT2D eigenvalue weighted by Gasteiger charge is 2.16. The molecule has 0 spiro atoms. The van der Waals surface area contributed by atoms with Gasteiger partial charge in [-0.05, 0) is 24.6 Å². The zero-order chi connectivity index (χ0) is 10.1. The predicted octanol–water partition coefficient (Wildman–Crippen LogP) is 3.28. The monoisotopic (exact) mass is 232 g/mol. The molecule has 0 fully saturated rings. The zero-order valence-electron chi connectivity index (χ0n) is 7.20. The SMILES string of the molecule is CC(Cl)c1nnc(-c2ccoc2Cl)o1. The first kappa shape index (κ1) is 9.55. The largest absolute Gasteiger partial charge is 0.452 e. The molecule has 1 atom stereocenters. The minimum absolute atomic E-state index is 0.224. The summed E-state index contributed by atoms with van der Waals surface area (Å²) < 4.78 is 10.2. The maximum absolute atomic E-state index is 5.76. The van der Waals surface area contributed by atoms with Crippen molar-refractivity contribution in [2.45, 2.75) is 12.3 Å². The molecule has 0 saturated carbocycles. The van der Waals surface area contributed by atoms with Crippen LogP contribution in [0, 0.1) is 0 Å². The third-order valence-corrected chi connectivity index (χ3v) is 2.11. The van der Waals surface area contributed by atoms with Crippen LogP contribution in [0.1, 0.15) is 18.2 Å². The van der Waals surface area contributed by atoms with Gasteiger partial charge in [0.2, 0.25) is 11.1 Å². The molecule has 14 heavy (non-hydrogen) atoms. The predicted molar refractivity (Wildman–Crippen MR) is 51.3 cm³/mol. The Balaban J connectivity index is 2.39. The molecule has 2 aromatic rings. The summed E-state index contributed by atoms with van der Waals surface area (Å²) in [7, 11) is 0. The average molecular weight is 233 g/mol. The van der Waals surface area contributed by atoms with Crippen molar-refractivity contribution in [2.75, 3.05) is 0 Å². The van der Waals surface area contributed by atoms with E-state index in [0.29, 0.717) is 17.3 Å². The van der Waals surface area contributed by atoms with E-state index in [1.807, 2.05) is 0 Å². The number of nitrogens with zero attached hydrogens (tertiary/aromatic N) is 2.